The Morgan fingerprint density at radius 1 is 1.11 bits per heavy atom. The Labute approximate surface area is 203 Å². The van der Waals surface area contributed by atoms with Crippen LogP contribution in [0.2, 0.25) is 0 Å². The molecule has 0 bridgehead atoms. The average molecular weight is 474 g/mol. The van der Waals surface area contributed by atoms with Crippen molar-refractivity contribution in [1.29, 1.82) is 0 Å². The maximum atomic E-state index is 12.5. The van der Waals surface area contributed by atoms with E-state index in [1.54, 1.807) is 42.8 Å². The standard InChI is InChI=1S/C26H27N5O4/c1-26(2,27)23(25(34)30-35)28-24(33)20-12-8-18(9-13-20)5-4-17-6-10-19(11-7-17)22-16-21(14-15-32)29-31(22)3/h6-13,15-16,23,35H,14,27H2,1-3H3,(H,28,33)(H,30,34)/t23-/m1/s1. The number of amides is 2. The van der Waals surface area contributed by atoms with Gasteiger partial charge < -0.3 is 15.8 Å². The van der Waals surface area contributed by atoms with Gasteiger partial charge in [-0.25, -0.2) is 5.48 Å². The summed E-state index contributed by atoms with van der Waals surface area (Å²) in [6.07, 6.45) is 1.11. The molecule has 0 unspecified atom stereocenters. The molecule has 3 rings (SSSR count). The summed E-state index contributed by atoms with van der Waals surface area (Å²) in [5.41, 5.74) is 10.8. The summed E-state index contributed by atoms with van der Waals surface area (Å²) in [5, 5.41) is 15.8. The lowest BCUT2D eigenvalue weighted by molar-refractivity contribution is -0.132. The Kier molecular flexibility index (Phi) is 7.81. The maximum absolute atomic E-state index is 12.5. The molecule has 0 spiro atoms. The fourth-order valence-electron chi connectivity index (χ4n) is 3.42. The first kappa shape index (κ1) is 25.4. The Bertz CT molecular complexity index is 1280. The zero-order valence-corrected chi connectivity index (χ0v) is 19.7. The van der Waals surface area contributed by atoms with E-state index >= 15 is 0 Å². The maximum Gasteiger partial charge on any atom is 0.267 e. The van der Waals surface area contributed by atoms with Crippen LogP contribution in [0.4, 0.5) is 0 Å². The fraction of sp³-hybridized carbons (Fsp3) is 0.231. The number of aryl methyl sites for hydroxylation is 1. The van der Waals surface area contributed by atoms with Crippen LogP contribution in [0.15, 0.2) is 54.6 Å². The highest BCUT2D eigenvalue weighted by molar-refractivity contribution is 5.97. The molecule has 2 amide bonds. The van der Waals surface area contributed by atoms with Crippen molar-refractivity contribution in [3.05, 3.63) is 77.0 Å². The minimum Gasteiger partial charge on any atom is -0.338 e. The molecule has 0 fully saturated rings. The highest BCUT2D eigenvalue weighted by atomic mass is 16.5. The third-order valence-corrected chi connectivity index (χ3v) is 5.29. The SMILES string of the molecule is Cn1nc(CC=O)cc1-c1ccc(C#Cc2ccc(C(=O)N[C@H](C(=O)NO)C(C)(C)N)cc2)cc1. The molecule has 0 saturated carbocycles. The molecule has 180 valence electrons. The topological polar surface area (TPSA) is 139 Å². The number of hydrogen-bond acceptors (Lipinski definition) is 6. The zero-order chi connectivity index (χ0) is 25.6. The lowest BCUT2D eigenvalue weighted by atomic mass is 9.95. The van der Waals surface area contributed by atoms with Crippen LogP contribution in [0, 0.1) is 11.8 Å². The monoisotopic (exact) mass is 473 g/mol. The van der Waals surface area contributed by atoms with E-state index in [9.17, 15) is 14.4 Å². The molecule has 0 saturated heterocycles. The number of nitrogens with one attached hydrogen (secondary N) is 2. The molecule has 35 heavy (non-hydrogen) atoms. The van der Waals surface area contributed by atoms with Gasteiger partial charge in [0.25, 0.3) is 11.8 Å². The Morgan fingerprint density at radius 3 is 2.20 bits per heavy atom. The smallest absolute Gasteiger partial charge is 0.267 e. The number of carbonyl (C=O) groups is 3. The molecule has 2 aromatic carbocycles. The van der Waals surface area contributed by atoms with Gasteiger partial charge in [-0.1, -0.05) is 24.0 Å². The van der Waals surface area contributed by atoms with E-state index in [1.165, 1.54) is 5.48 Å². The third kappa shape index (κ3) is 6.41. The summed E-state index contributed by atoms with van der Waals surface area (Å²) in [6, 6.07) is 15.1. The van der Waals surface area contributed by atoms with Crippen molar-refractivity contribution < 1.29 is 19.6 Å². The normalized spacial score (nSPS) is 11.7. The van der Waals surface area contributed by atoms with E-state index in [2.05, 4.69) is 22.3 Å². The molecule has 0 aliphatic heterocycles. The molecule has 0 aliphatic carbocycles. The van der Waals surface area contributed by atoms with Gasteiger partial charge in [0.15, 0.2) is 0 Å². The van der Waals surface area contributed by atoms with Crippen LogP contribution in [0.3, 0.4) is 0 Å². The number of nitrogens with two attached hydrogens (primary N) is 1. The number of aromatic nitrogens is 2. The summed E-state index contributed by atoms with van der Waals surface area (Å²) < 4.78 is 1.74. The van der Waals surface area contributed by atoms with Gasteiger partial charge in [0.2, 0.25) is 0 Å². The molecule has 0 radical (unpaired) electrons. The van der Waals surface area contributed by atoms with Gasteiger partial charge in [-0.2, -0.15) is 5.10 Å². The van der Waals surface area contributed by atoms with E-state index in [1.807, 2.05) is 37.4 Å². The summed E-state index contributed by atoms with van der Waals surface area (Å²) in [7, 11) is 1.83. The van der Waals surface area contributed by atoms with Crippen LogP contribution in [-0.2, 0) is 23.1 Å². The molecule has 9 nitrogen and oxygen atoms in total. The van der Waals surface area contributed by atoms with E-state index < -0.39 is 23.4 Å². The summed E-state index contributed by atoms with van der Waals surface area (Å²) >= 11 is 0. The number of aldehydes is 1. The number of rotatable bonds is 7. The molecule has 1 heterocycles. The molecule has 3 aromatic rings. The molecule has 1 aromatic heterocycles. The van der Waals surface area contributed by atoms with Crippen molar-refractivity contribution in [2.75, 3.05) is 0 Å². The number of hydroxylamine groups is 1. The van der Waals surface area contributed by atoms with Crippen molar-refractivity contribution in [3.8, 4) is 23.1 Å². The quantitative estimate of drug-likeness (QED) is 0.178. The van der Waals surface area contributed by atoms with Gasteiger partial charge in [-0.05, 0) is 61.9 Å². The van der Waals surface area contributed by atoms with Crippen molar-refractivity contribution >= 4 is 18.1 Å². The van der Waals surface area contributed by atoms with E-state index in [0.29, 0.717) is 11.1 Å². The first-order valence-corrected chi connectivity index (χ1v) is 10.8. The third-order valence-electron chi connectivity index (χ3n) is 5.29. The van der Waals surface area contributed by atoms with Gasteiger partial charge in [0.05, 0.1) is 11.4 Å². The molecule has 9 heteroatoms. The van der Waals surface area contributed by atoms with Crippen LogP contribution in [0.1, 0.15) is 41.0 Å². The van der Waals surface area contributed by atoms with Crippen molar-refractivity contribution in [3.63, 3.8) is 0 Å². The average Bonchev–Trinajstić information content (AvgIpc) is 3.20. The lowest BCUT2D eigenvalue weighted by Gasteiger charge is -2.29. The van der Waals surface area contributed by atoms with Crippen LogP contribution in [0.25, 0.3) is 11.3 Å². The Balaban J connectivity index is 1.69. The first-order valence-electron chi connectivity index (χ1n) is 10.8. The summed E-state index contributed by atoms with van der Waals surface area (Å²) in [4.78, 5) is 35.1. The van der Waals surface area contributed by atoms with Crippen molar-refractivity contribution in [1.82, 2.24) is 20.6 Å². The summed E-state index contributed by atoms with van der Waals surface area (Å²) in [5.74, 6) is 4.84. The van der Waals surface area contributed by atoms with E-state index in [4.69, 9.17) is 10.9 Å². The second-order valence-electron chi connectivity index (χ2n) is 8.62. The van der Waals surface area contributed by atoms with Crippen LogP contribution >= 0.6 is 0 Å². The van der Waals surface area contributed by atoms with E-state index in [-0.39, 0.29) is 6.42 Å². The second kappa shape index (κ2) is 10.8. The van der Waals surface area contributed by atoms with Crippen molar-refractivity contribution in [2.45, 2.75) is 31.8 Å². The van der Waals surface area contributed by atoms with Crippen molar-refractivity contribution in [2.24, 2.45) is 12.8 Å². The summed E-state index contributed by atoms with van der Waals surface area (Å²) in [6.45, 7) is 3.14. The van der Waals surface area contributed by atoms with Gasteiger partial charge >= 0.3 is 0 Å². The number of hydrogen-bond donors (Lipinski definition) is 4. The Morgan fingerprint density at radius 2 is 1.69 bits per heavy atom. The molecular weight excluding hydrogens is 446 g/mol. The van der Waals surface area contributed by atoms with Gasteiger partial charge in [-0.15, -0.1) is 0 Å². The van der Waals surface area contributed by atoms with Crippen LogP contribution in [-0.4, -0.2) is 44.7 Å². The zero-order valence-electron chi connectivity index (χ0n) is 19.7. The molecule has 5 N–H and O–H groups in total. The minimum absolute atomic E-state index is 0.279. The van der Waals surface area contributed by atoms with Gasteiger partial charge in [0.1, 0.15) is 12.3 Å². The van der Waals surface area contributed by atoms with Crippen LogP contribution < -0.4 is 16.5 Å². The van der Waals surface area contributed by atoms with Crippen LogP contribution in [0.5, 0.6) is 0 Å². The first-order chi connectivity index (χ1) is 16.6. The molecule has 0 aliphatic rings. The number of benzene rings is 2. The number of nitrogens with zero attached hydrogens (tertiary/aromatic N) is 2. The predicted molar refractivity (Wildman–Crippen MR) is 130 cm³/mol. The lowest BCUT2D eigenvalue weighted by Crippen LogP contribution is -2.61. The largest absolute Gasteiger partial charge is 0.338 e. The van der Waals surface area contributed by atoms with E-state index in [0.717, 1.165) is 28.8 Å². The Hall–Kier alpha value is -4.26. The van der Waals surface area contributed by atoms with Gasteiger partial charge in [0, 0.05) is 35.7 Å². The fourth-order valence-corrected chi connectivity index (χ4v) is 3.42. The van der Waals surface area contributed by atoms with Gasteiger partial charge in [-0.3, -0.25) is 19.5 Å². The highest BCUT2D eigenvalue weighted by Crippen LogP contribution is 2.20. The highest BCUT2D eigenvalue weighted by Gasteiger charge is 2.33. The minimum atomic E-state index is -1.12. The molecular formula is C26H27N5O4. The predicted octanol–water partition coefficient (Wildman–Crippen LogP) is 1.57. The number of carbonyl (C=O) groups excluding carboxylic acids is 3. The molecule has 1 atom stereocenters. The second-order valence-corrected chi connectivity index (χ2v) is 8.62.